The van der Waals surface area contributed by atoms with E-state index in [2.05, 4.69) is 26.0 Å². The van der Waals surface area contributed by atoms with Crippen molar-refractivity contribution >= 4 is 11.9 Å². The molecule has 0 aliphatic carbocycles. The Morgan fingerprint density at radius 2 is 1.58 bits per heavy atom. The standard InChI is InChI=1S/C22H39NO3/c1-3-5-7-9-10-11-12-14-16-18-21-23(19-22(25)26-21)20(24)17-15-13-8-6-4-2/h12,14,21H,3-11,13,15-19H2,1-2H3/b14-12-. The lowest BCUT2D eigenvalue weighted by atomic mass is 10.1. The molecule has 26 heavy (non-hydrogen) atoms. The third kappa shape index (κ3) is 9.98. The van der Waals surface area contributed by atoms with Crippen LogP contribution in [0.1, 0.15) is 104 Å². The molecule has 0 saturated carbocycles. The number of unbranched alkanes of at least 4 members (excludes halogenated alkanes) is 9. The van der Waals surface area contributed by atoms with Crippen LogP contribution in [-0.2, 0) is 14.3 Å². The number of ether oxygens (including phenoxy) is 1. The number of carbonyl (C=O) groups is 2. The van der Waals surface area contributed by atoms with Crippen molar-refractivity contribution in [3.63, 3.8) is 0 Å². The summed E-state index contributed by atoms with van der Waals surface area (Å²) in [5, 5.41) is 0. The molecule has 4 heteroatoms. The second-order valence-corrected chi connectivity index (χ2v) is 7.38. The van der Waals surface area contributed by atoms with E-state index in [1.54, 1.807) is 4.90 Å². The number of nitrogens with zero attached hydrogens (tertiary/aromatic N) is 1. The topological polar surface area (TPSA) is 46.6 Å². The average molecular weight is 366 g/mol. The Hall–Kier alpha value is -1.32. The van der Waals surface area contributed by atoms with Crippen LogP contribution in [-0.4, -0.2) is 29.5 Å². The minimum Gasteiger partial charge on any atom is -0.440 e. The van der Waals surface area contributed by atoms with Crippen LogP contribution in [0.4, 0.5) is 0 Å². The first-order valence-corrected chi connectivity index (χ1v) is 10.8. The van der Waals surface area contributed by atoms with E-state index in [9.17, 15) is 9.59 Å². The first kappa shape index (κ1) is 22.7. The van der Waals surface area contributed by atoms with Crippen LogP contribution in [0, 0.1) is 0 Å². The molecule has 1 amide bonds. The normalized spacial score (nSPS) is 17.2. The SMILES string of the molecule is CCCCCCC/C=C\CCC1OC(=O)CN1C(=O)CCCCCCC. The first-order chi connectivity index (χ1) is 12.7. The van der Waals surface area contributed by atoms with E-state index in [-0.39, 0.29) is 24.6 Å². The zero-order valence-corrected chi connectivity index (χ0v) is 17.0. The lowest BCUT2D eigenvalue weighted by Crippen LogP contribution is -2.36. The van der Waals surface area contributed by atoms with Crippen LogP contribution in [0.2, 0.25) is 0 Å². The lowest BCUT2D eigenvalue weighted by molar-refractivity contribution is -0.143. The Kier molecular flexibility index (Phi) is 12.9. The Morgan fingerprint density at radius 1 is 0.962 bits per heavy atom. The zero-order chi connectivity index (χ0) is 19.0. The highest BCUT2D eigenvalue weighted by Crippen LogP contribution is 2.19. The van der Waals surface area contributed by atoms with Gasteiger partial charge in [-0.05, 0) is 25.7 Å². The molecule has 0 aromatic carbocycles. The number of hydrogen-bond acceptors (Lipinski definition) is 3. The molecule has 1 rings (SSSR count). The Bertz CT molecular complexity index is 420. The summed E-state index contributed by atoms with van der Waals surface area (Å²) in [7, 11) is 0. The van der Waals surface area contributed by atoms with E-state index in [1.165, 1.54) is 51.4 Å². The van der Waals surface area contributed by atoms with Crippen LogP contribution >= 0.6 is 0 Å². The largest absolute Gasteiger partial charge is 0.440 e. The van der Waals surface area contributed by atoms with Gasteiger partial charge in [0.25, 0.3) is 0 Å². The van der Waals surface area contributed by atoms with Gasteiger partial charge in [-0.3, -0.25) is 14.5 Å². The van der Waals surface area contributed by atoms with Gasteiger partial charge < -0.3 is 4.74 Å². The van der Waals surface area contributed by atoms with Crippen molar-refractivity contribution in [1.82, 2.24) is 4.90 Å². The molecule has 0 aromatic heterocycles. The maximum atomic E-state index is 12.4. The van der Waals surface area contributed by atoms with E-state index in [0.717, 1.165) is 25.7 Å². The summed E-state index contributed by atoms with van der Waals surface area (Å²) in [5.41, 5.74) is 0. The van der Waals surface area contributed by atoms with E-state index in [0.29, 0.717) is 12.8 Å². The summed E-state index contributed by atoms with van der Waals surface area (Å²) in [4.78, 5) is 25.6. The molecule has 150 valence electrons. The molecule has 0 N–H and O–H groups in total. The number of carbonyl (C=O) groups excluding carboxylic acids is 2. The molecule has 0 spiro atoms. The van der Waals surface area contributed by atoms with E-state index < -0.39 is 0 Å². The summed E-state index contributed by atoms with van der Waals surface area (Å²) in [6.07, 6.45) is 19.4. The van der Waals surface area contributed by atoms with E-state index >= 15 is 0 Å². The molecule has 4 nitrogen and oxygen atoms in total. The summed E-state index contributed by atoms with van der Waals surface area (Å²) in [6, 6.07) is 0. The molecule has 1 atom stereocenters. The molecule has 0 aromatic rings. The predicted molar refractivity (Wildman–Crippen MR) is 107 cm³/mol. The predicted octanol–water partition coefficient (Wildman–Crippen LogP) is 5.76. The monoisotopic (exact) mass is 365 g/mol. The quantitative estimate of drug-likeness (QED) is 0.211. The fourth-order valence-electron chi connectivity index (χ4n) is 3.32. The first-order valence-electron chi connectivity index (χ1n) is 10.8. The maximum absolute atomic E-state index is 12.4. The molecule has 0 bridgehead atoms. The van der Waals surface area contributed by atoms with Crippen molar-refractivity contribution in [3.05, 3.63) is 12.2 Å². The highest BCUT2D eigenvalue weighted by Gasteiger charge is 2.34. The van der Waals surface area contributed by atoms with Gasteiger partial charge in [-0.25, -0.2) is 0 Å². The third-order valence-electron chi connectivity index (χ3n) is 4.95. The van der Waals surface area contributed by atoms with Crippen LogP contribution in [0.5, 0.6) is 0 Å². The fourth-order valence-corrected chi connectivity index (χ4v) is 3.32. The smallest absolute Gasteiger partial charge is 0.327 e. The van der Waals surface area contributed by atoms with Gasteiger partial charge in [0, 0.05) is 12.8 Å². The van der Waals surface area contributed by atoms with Gasteiger partial charge in [0.1, 0.15) is 6.54 Å². The van der Waals surface area contributed by atoms with Crippen molar-refractivity contribution in [2.75, 3.05) is 6.54 Å². The summed E-state index contributed by atoms with van der Waals surface area (Å²) < 4.78 is 5.34. The molecule has 1 aliphatic rings. The molecular weight excluding hydrogens is 326 g/mol. The Labute approximate surface area is 160 Å². The summed E-state index contributed by atoms with van der Waals surface area (Å²) >= 11 is 0. The minimum absolute atomic E-state index is 0.0669. The van der Waals surface area contributed by atoms with Crippen molar-refractivity contribution in [2.45, 2.75) is 110 Å². The van der Waals surface area contributed by atoms with Gasteiger partial charge >= 0.3 is 5.97 Å². The maximum Gasteiger partial charge on any atom is 0.327 e. The average Bonchev–Trinajstić information content (AvgIpc) is 3.00. The number of cyclic esters (lactones) is 1. The minimum atomic E-state index is -0.361. The van der Waals surface area contributed by atoms with E-state index in [4.69, 9.17) is 4.74 Å². The number of allylic oxidation sites excluding steroid dienone is 2. The van der Waals surface area contributed by atoms with Crippen molar-refractivity contribution in [2.24, 2.45) is 0 Å². The highest BCUT2D eigenvalue weighted by atomic mass is 16.6. The van der Waals surface area contributed by atoms with Gasteiger partial charge in [0.15, 0.2) is 6.23 Å². The summed E-state index contributed by atoms with van der Waals surface area (Å²) in [5.74, 6) is -0.202. The van der Waals surface area contributed by atoms with E-state index in [1.807, 2.05) is 0 Å². The molecular formula is C22H39NO3. The number of esters is 1. The fraction of sp³-hybridized carbons (Fsp3) is 0.818. The van der Waals surface area contributed by atoms with Crippen LogP contribution in [0.3, 0.4) is 0 Å². The lowest BCUT2D eigenvalue weighted by Gasteiger charge is -2.21. The van der Waals surface area contributed by atoms with Crippen LogP contribution in [0.25, 0.3) is 0 Å². The number of hydrogen-bond donors (Lipinski definition) is 0. The molecule has 1 unspecified atom stereocenters. The second kappa shape index (κ2) is 14.8. The van der Waals surface area contributed by atoms with Gasteiger partial charge in [-0.15, -0.1) is 0 Å². The molecule has 1 aliphatic heterocycles. The Morgan fingerprint density at radius 3 is 2.27 bits per heavy atom. The Balaban J connectivity index is 2.20. The van der Waals surface area contributed by atoms with Gasteiger partial charge in [0.05, 0.1) is 0 Å². The van der Waals surface area contributed by atoms with Gasteiger partial charge in [-0.2, -0.15) is 0 Å². The number of amides is 1. The molecule has 1 saturated heterocycles. The second-order valence-electron chi connectivity index (χ2n) is 7.38. The van der Waals surface area contributed by atoms with Gasteiger partial charge in [0.2, 0.25) is 5.91 Å². The molecule has 0 radical (unpaired) electrons. The van der Waals surface area contributed by atoms with Crippen LogP contribution < -0.4 is 0 Å². The van der Waals surface area contributed by atoms with Crippen molar-refractivity contribution in [3.8, 4) is 0 Å². The molecule has 1 fully saturated rings. The summed E-state index contributed by atoms with van der Waals surface area (Å²) in [6.45, 7) is 4.54. The number of rotatable bonds is 15. The van der Waals surface area contributed by atoms with Crippen molar-refractivity contribution < 1.29 is 14.3 Å². The third-order valence-corrected chi connectivity index (χ3v) is 4.95. The molecule has 1 heterocycles. The van der Waals surface area contributed by atoms with Crippen LogP contribution in [0.15, 0.2) is 12.2 Å². The van der Waals surface area contributed by atoms with Gasteiger partial charge in [-0.1, -0.05) is 77.4 Å². The highest BCUT2D eigenvalue weighted by molar-refractivity contribution is 5.84. The zero-order valence-electron chi connectivity index (χ0n) is 17.0. The van der Waals surface area contributed by atoms with Crippen molar-refractivity contribution in [1.29, 1.82) is 0 Å².